The number of carbonyl (C=O) groups excluding carboxylic acids is 2. The number of aryl methyl sites for hydroxylation is 1. The Morgan fingerprint density at radius 1 is 0.976 bits per heavy atom. The number of nitrogens with zero attached hydrogens (tertiary/aromatic N) is 4. The van der Waals surface area contributed by atoms with Crippen molar-refractivity contribution >= 4 is 29.0 Å². The summed E-state index contributed by atoms with van der Waals surface area (Å²) in [7, 11) is 1.35. The number of aliphatic imine (C=N–C) groups is 1. The number of esters is 2. The maximum absolute atomic E-state index is 12.4. The van der Waals surface area contributed by atoms with E-state index in [1.807, 2.05) is 75.6 Å². The van der Waals surface area contributed by atoms with Crippen LogP contribution in [0.1, 0.15) is 76.8 Å². The lowest BCUT2D eigenvalue weighted by atomic mass is 9.96. The Labute approximate surface area is 242 Å². The van der Waals surface area contributed by atoms with Crippen molar-refractivity contribution in [3.63, 3.8) is 0 Å². The van der Waals surface area contributed by atoms with Gasteiger partial charge in [0.25, 0.3) is 0 Å². The third-order valence-electron chi connectivity index (χ3n) is 6.84. The fourth-order valence-electron chi connectivity index (χ4n) is 4.81. The van der Waals surface area contributed by atoms with Crippen LogP contribution in [0.15, 0.2) is 53.5 Å². The summed E-state index contributed by atoms with van der Waals surface area (Å²) in [4.78, 5) is 30.7. The molecule has 1 aliphatic rings. The monoisotopic (exact) mass is 572 g/mol. The number of thiophene rings is 1. The molecule has 0 fully saturated rings. The zero-order chi connectivity index (χ0) is 29.5. The summed E-state index contributed by atoms with van der Waals surface area (Å²) in [6, 6.07) is 14.7. The molecule has 2 aromatic heterocycles. The van der Waals surface area contributed by atoms with Crippen molar-refractivity contribution in [2.75, 3.05) is 7.11 Å². The molecule has 212 valence electrons. The Balaban J connectivity index is 1.55. The van der Waals surface area contributed by atoms with E-state index in [9.17, 15) is 14.7 Å². The molecule has 3 heterocycles. The highest BCUT2D eigenvalue weighted by atomic mass is 32.1. The molecule has 0 spiro atoms. The molecule has 10 heteroatoms. The molecule has 0 saturated heterocycles. The first-order valence-electron chi connectivity index (χ1n) is 13.2. The molecule has 1 aliphatic heterocycles. The van der Waals surface area contributed by atoms with Crippen molar-refractivity contribution < 1.29 is 24.2 Å². The molecule has 2 aromatic carbocycles. The van der Waals surface area contributed by atoms with Crippen LogP contribution >= 0.6 is 11.3 Å². The fraction of sp³-hybridized carbons (Fsp3) is 0.323. The minimum Gasteiger partial charge on any atom is -0.469 e. The first kappa shape index (κ1) is 28.4. The third-order valence-corrected chi connectivity index (χ3v) is 8.10. The van der Waals surface area contributed by atoms with Gasteiger partial charge in [-0.3, -0.25) is 14.4 Å². The molecule has 1 unspecified atom stereocenters. The van der Waals surface area contributed by atoms with E-state index in [4.69, 9.17) is 14.5 Å². The Bertz CT molecular complexity index is 1640. The molecule has 0 radical (unpaired) electrons. The summed E-state index contributed by atoms with van der Waals surface area (Å²) in [6.45, 7) is 9.25. The second kappa shape index (κ2) is 11.0. The smallest absolute Gasteiger partial charge is 0.338 e. The summed E-state index contributed by atoms with van der Waals surface area (Å²) >= 11 is 1.47. The summed E-state index contributed by atoms with van der Waals surface area (Å²) in [6.07, 6.45) is 0.0149. The number of benzene rings is 2. The Kier molecular flexibility index (Phi) is 7.63. The summed E-state index contributed by atoms with van der Waals surface area (Å²) in [5.41, 5.74) is 5.22. The standard InChI is InChI=1S/C31H32N4O5S/c1-17-24(16-36)41-29-26(17)27(32-23(15-25(37)39-6)28-34-33-18(2)35(28)29)21-11-7-19(8-12-21)20-9-13-22(14-10-20)30(38)40-31(3,4)5/h7-14,23,36H,15-16H2,1-6H3. The molecule has 4 aromatic rings. The number of hydrogen-bond acceptors (Lipinski definition) is 9. The van der Waals surface area contributed by atoms with Crippen molar-refractivity contribution in [2.45, 2.75) is 59.3 Å². The lowest BCUT2D eigenvalue weighted by Gasteiger charge is -2.19. The quantitative estimate of drug-likeness (QED) is 0.303. The normalized spacial score (nSPS) is 14.5. The van der Waals surface area contributed by atoms with E-state index in [0.29, 0.717) is 22.9 Å². The van der Waals surface area contributed by atoms with Gasteiger partial charge in [0, 0.05) is 16.0 Å². The molecule has 5 rings (SSSR count). The van der Waals surface area contributed by atoms with Gasteiger partial charge < -0.3 is 14.6 Å². The van der Waals surface area contributed by atoms with E-state index in [0.717, 1.165) is 37.7 Å². The maximum Gasteiger partial charge on any atom is 0.338 e. The molecule has 9 nitrogen and oxygen atoms in total. The Morgan fingerprint density at radius 3 is 2.17 bits per heavy atom. The number of fused-ring (bicyclic) bond motifs is 3. The van der Waals surface area contributed by atoms with Crippen molar-refractivity contribution in [1.82, 2.24) is 14.8 Å². The maximum atomic E-state index is 12.4. The molecule has 1 atom stereocenters. The van der Waals surface area contributed by atoms with Gasteiger partial charge in [0.1, 0.15) is 22.5 Å². The predicted molar refractivity (Wildman–Crippen MR) is 157 cm³/mol. The van der Waals surface area contributed by atoms with Crippen LogP contribution in [0.3, 0.4) is 0 Å². The van der Waals surface area contributed by atoms with Crippen molar-refractivity contribution in [3.05, 3.63) is 87.3 Å². The predicted octanol–water partition coefficient (Wildman–Crippen LogP) is 5.52. The second-order valence-electron chi connectivity index (χ2n) is 10.9. The van der Waals surface area contributed by atoms with Crippen LogP contribution in [0.5, 0.6) is 0 Å². The van der Waals surface area contributed by atoms with Gasteiger partial charge in [-0.2, -0.15) is 0 Å². The van der Waals surface area contributed by atoms with Gasteiger partial charge in [-0.25, -0.2) is 4.79 Å². The van der Waals surface area contributed by atoms with Crippen molar-refractivity contribution in [2.24, 2.45) is 4.99 Å². The molecule has 0 aliphatic carbocycles. The van der Waals surface area contributed by atoms with E-state index >= 15 is 0 Å². The van der Waals surface area contributed by atoms with Gasteiger partial charge in [-0.15, -0.1) is 21.5 Å². The van der Waals surface area contributed by atoms with Crippen LogP contribution in [0.2, 0.25) is 0 Å². The van der Waals surface area contributed by atoms with Gasteiger partial charge >= 0.3 is 11.9 Å². The molecule has 41 heavy (non-hydrogen) atoms. The van der Waals surface area contributed by atoms with E-state index in [1.54, 1.807) is 12.1 Å². The number of carbonyl (C=O) groups is 2. The van der Waals surface area contributed by atoms with E-state index < -0.39 is 17.6 Å². The minimum atomic E-state index is -0.602. The van der Waals surface area contributed by atoms with Gasteiger partial charge in [-0.05, 0) is 63.4 Å². The van der Waals surface area contributed by atoms with Gasteiger partial charge in [0.15, 0.2) is 5.82 Å². The Hall–Kier alpha value is -4.15. The zero-order valence-corrected chi connectivity index (χ0v) is 24.7. The topological polar surface area (TPSA) is 116 Å². The number of aliphatic hydroxyl groups excluding tert-OH is 1. The lowest BCUT2D eigenvalue weighted by molar-refractivity contribution is -0.141. The highest BCUT2D eigenvalue weighted by Crippen LogP contribution is 2.40. The van der Waals surface area contributed by atoms with Gasteiger partial charge in [-0.1, -0.05) is 36.4 Å². The fourth-order valence-corrected chi connectivity index (χ4v) is 6.03. The van der Waals surface area contributed by atoms with Crippen LogP contribution in [-0.4, -0.2) is 50.2 Å². The second-order valence-corrected chi connectivity index (χ2v) is 11.9. The highest BCUT2D eigenvalue weighted by Gasteiger charge is 2.33. The number of aliphatic hydroxyl groups is 1. The average Bonchev–Trinajstić information content (AvgIpc) is 3.44. The van der Waals surface area contributed by atoms with Crippen LogP contribution in [-0.2, 0) is 20.9 Å². The lowest BCUT2D eigenvalue weighted by Crippen LogP contribution is -2.23. The van der Waals surface area contributed by atoms with E-state index in [1.165, 1.54) is 18.4 Å². The number of ether oxygens (including phenoxy) is 2. The molecular formula is C31H32N4O5S. The number of hydrogen-bond donors (Lipinski definition) is 1. The van der Waals surface area contributed by atoms with E-state index in [-0.39, 0.29) is 19.0 Å². The number of methoxy groups -OCH3 is 1. The van der Waals surface area contributed by atoms with Gasteiger partial charge in [0.2, 0.25) is 0 Å². The average molecular weight is 573 g/mol. The number of aromatic nitrogens is 3. The van der Waals surface area contributed by atoms with Gasteiger partial charge in [0.05, 0.1) is 31.4 Å². The molecule has 0 bridgehead atoms. The zero-order valence-electron chi connectivity index (χ0n) is 23.9. The summed E-state index contributed by atoms with van der Waals surface area (Å²) < 4.78 is 12.4. The van der Waals surface area contributed by atoms with E-state index in [2.05, 4.69) is 10.2 Å². The minimum absolute atomic E-state index is 0.0149. The third kappa shape index (κ3) is 5.57. The van der Waals surface area contributed by atoms with Crippen LogP contribution in [0.25, 0.3) is 16.1 Å². The van der Waals surface area contributed by atoms with Crippen molar-refractivity contribution in [3.8, 4) is 16.1 Å². The molecule has 0 amide bonds. The largest absolute Gasteiger partial charge is 0.469 e. The first-order chi connectivity index (χ1) is 19.5. The van der Waals surface area contributed by atoms with Crippen molar-refractivity contribution in [1.29, 1.82) is 0 Å². The molecule has 1 N–H and O–H groups in total. The Morgan fingerprint density at radius 2 is 1.59 bits per heavy atom. The summed E-state index contributed by atoms with van der Waals surface area (Å²) in [5.74, 6) is 0.468. The number of rotatable bonds is 6. The SMILES string of the molecule is COC(=O)CC1N=C(c2ccc(-c3ccc(C(=O)OC(C)(C)C)cc3)cc2)c2c(sc(CO)c2C)-n2c(C)nnc21. The molecule has 0 saturated carbocycles. The summed E-state index contributed by atoms with van der Waals surface area (Å²) in [5, 5.41) is 19.6. The molecular weight excluding hydrogens is 540 g/mol. The first-order valence-corrected chi connectivity index (χ1v) is 14.1. The highest BCUT2D eigenvalue weighted by molar-refractivity contribution is 7.15. The van der Waals surface area contributed by atoms with Crippen LogP contribution < -0.4 is 0 Å². The van der Waals surface area contributed by atoms with Crippen LogP contribution in [0, 0.1) is 13.8 Å². The van der Waals surface area contributed by atoms with Crippen LogP contribution in [0.4, 0.5) is 0 Å².